The fourth-order valence-corrected chi connectivity index (χ4v) is 3.49. The van der Waals surface area contributed by atoms with Crippen molar-refractivity contribution in [3.63, 3.8) is 0 Å². The van der Waals surface area contributed by atoms with Crippen molar-refractivity contribution in [3.8, 4) is 0 Å². The van der Waals surface area contributed by atoms with Crippen LogP contribution in [0.15, 0.2) is 59.0 Å². The maximum atomic E-state index is 12.9. The zero-order chi connectivity index (χ0) is 19.3. The Labute approximate surface area is 164 Å². The van der Waals surface area contributed by atoms with Crippen molar-refractivity contribution in [2.45, 2.75) is 32.2 Å². The summed E-state index contributed by atoms with van der Waals surface area (Å²) in [4.78, 5) is 15.0. The van der Waals surface area contributed by atoms with Gasteiger partial charge in [0.1, 0.15) is 6.04 Å². The number of piperidine rings is 1. The Bertz CT molecular complexity index is 932. The molecule has 28 heavy (non-hydrogen) atoms. The van der Waals surface area contributed by atoms with Gasteiger partial charge in [-0.3, -0.25) is 4.79 Å². The molecule has 6 heteroatoms. The van der Waals surface area contributed by atoms with Crippen LogP contribution in [-0.2, 0) is 0 Å². The summed E-state index contributed by atoms with van der Waals surface area (Å²) < 4.78 is 5.99. The highest BCUT2D eigenvalue weighted by atomic mass is 16.4. The molecule has 0 aliphatic carbocycles. The molecule has 0 spiro atoms. The second-order valence-electron chi connectivity index (χ2n) is 7.16. The summed E-state index contributed by atoms with van der Waals surface area (Å²) in [6, 6.07) is 17.2. The second kappa shape index (κ2) is 8.25. The molecule has 0 saturated carbocycles. The first-order valence-electron chi connectivity index (χ1n) is 9.71. The van der Waals surface area contributed by atoms with Crippen molar-refractivity contribution >= 4 is 11.9 Å². The molecule has 144 valence electrons. The molecule has 4 rings (SSSR count). The Morgan fingerprint density at radius 3 is 2.57 bits per heavy atom. The number of rotatable bonds is 5. The van der Waals surface area contributed by atoms with Gasteiger partial charge in [0.25, 0.3) is 5.91 Å². The molecular weight excluding hydrogens is 352 g/mol. The number of hydrogen-bond acceptors (Lipinski definition) is 5. The predicted octanol–water partition coefficient (Wildman–Crippen LogP) is 3.89. The van der Waals surface area contributed by atoms with Gasteiger partial charge >= 0.3 is 6.01 Å². The Kier molecular flexibility index (Phi) is 5.37. The number of carbonyl (C=O) groups excluding carboxylic acids is 1. The number of aromatic nitrogens is 2. The number of anilines is 1. The van der Waals surface area contributed by atoms with E-state index in [9.17, 15) is 4.79 Å². The van der Waals surface area contributed by atoms with Crippen molar-refractivity contribution in [1.82, 2.24) is 15.5 Å². The largest absolute Gasteiger partial charge is 0.405 e. The van der Waals surface area contributed by atoms with E-state index in [1.165, 1.54) is 6.42 Å². The lowest BCUT2D eigenvalue weighted by molar-refractivity contribution is 0.0938. The van der Waals surface area contributed by atoms with Gasteiger partial charge in [-0.2, -0.15) is 0 Å². The van der Waals surface area contributed by atoms with Gasteiger partial charge in [-0.25, -0.2) is 0 Å². The summed E-state index contributed by atoms with van der Waals surface area (Å²) in [5.41, 5.74) is 2.54. The number of hydrogen-bond donors (Lipinski definition) is 1. The number of benzene rings is 2. The SMILES string of the molecule is Cc1cccc(C(=O)N[C@@H](c2ccccc2)c2nnc(N3CCCCC3)o2)c1. The van der Waals surface area contributed by atoms with Crippen molar-refractivity contribution in [1.29, 1.82) is 0 Å². The van der Waals surface area contributed by atoms with E-state index in [4.69, 9.17) is 4.42 Å². The summed E-state index contributed by atoms with van der Waals surface area (Å²) in [6.07, 6.45) is 3.49. The van der Waals surface area contributed by atoms with Crippen LogP contribution in [0, 0.1) is 6.92 Å². The molecule has 0 unspecified atom stereocenters. The molecule has 6 nitrogen and oxygen atoms in total. The molecule has 3 aromatic rings. The quantitative estimate of drug-likeness (QED) is 0.731. The molecule has 1 N–H and O–H groups in total. The Balaban J connectivity index is 1.61. The van der Waals surface area contributed by atoms with E-state index in [1.807, 2.05) is 55.5 Å². The number of nitrogens with zero attached hydrogens (tertiary/aromatic N) is 3. The van der Waals surface area contributed by atoms with Crippen molar-refractivity contribution in [2.24, 2.45) is 0 Å². The lowest BCUT2D eigenvalue weighted by Crippen LogP contribution is -2.30. The van der Waals surface area contributed by atoms with Crippen LogP contribution in [-0.4, -0.2) is 29.2 Å². The van der Waals surface area contributed by atoms with Crippen molar-refractivity contribution in [3.05, 3.63) is 77.2 Å². The summed E-state index contributed by atoms with van der Waals surface area (Å²) in [7, 11) is 0. The Morgan fingerprint density at radius 2 is 1.82 bits per heavy atom. The normalized spacial score (nSPS) is 15.2. The van der Waals surface area contributed by atoms with Crippen LogP contribution in [0.2, 0.25) is 0 Å². The lowest BCUT2D eigenvalue weighted by Gasteiger charge is -2.24. The minimum absolute atomic E-state index is 0.171. The number of carbonyl (C=O) groups is 1. The lowest BCUT2D eigenvalue weighted by atomic mass is 10.1. The van der Waals surface area contributed by atoms with E-state index in [0.717, 1.165) is 37.1 Å². The molecule has 1 saturated heterocycles. The highest BCUT2D eigenvalue weighted by Crippen LogP contribution is 2.25. The van der Waals surface area contributed by atoms with Crippen LogP contribution in [0.25, 0.3) is 0 Å². The maximum Gasteiger partial charge on any atom is 0.318 e. The maximum absolute atomic E-state index is 12.9. The van der Waals surface area contributed by atoms with E-state index < -0.39 is 6.04 Å². The highest BCUT2D eigenvalue weighted by Gasteiger charge is 2.25. The topological polar surface area (TPSA) is 71.3 Å². The van der Waals surface area contributed by atoms with E-state index in [0.29, 0.717) is 17.5 Å². The molecule has 0 radical (unpaired) electrons. The summed E-state index contributed by atoms with van der Waals surface area (Å²) in [5, 5.41) is 11.6. The molecule has 2 heterocycles. The predicted molar refractivity (Wildman–Crippen MR) is 107 cm³/mol. The number of aryl methyl sites for hydroxylation is 1. The molecule has 0 bridgehead atoms. The summed E-state index contributed by atoms with van der Waals surface area (Å²) in [6.45, 7) is 3.81. The number of nitrogens with one attached hydrogen (secondary N) is 1. The van der Waals surface area contributed by atoms with Crippen LogP contribution in [0.3, 0.4) is 0 Å². The van der Waals surface area contributed by atoms with Gasteiger partial charge in [0, 0.05) is 18.7 Å². The molecule has 1 amide bonds. The van der Waals surface area contributed by atoms with Gasteiger partial charge in [-0.05, 0) is 43.9 Å². The Morgan fingerprint density at radius 1 is 1.04 bits per heavy atom. The van der Waals surface area contributed by atoms with Crippen molar-refractivity contribution in [2.75, 3.05) is 18.0 Å². The zero-order valence-electron chi connectivity index (χ0n) is 16.0. The molecular formula is C22H24N4O2. The van der Waals surface area contributed by atoms with Crippen LogP contribution >= 0.6 is 0 Å². The molecule has 2 aromatic carbocycles. The van der Waals surface area contributed by atoms with Gasteiger partial charge in [0.15, 0.2) is 0 Å². The average Bonchev–Trinajstić information content (AvgIpc) is 3.23. The van der Waals surface area contributed by atoms with Crippen LogP contribution in [0.4, 0.5) is 6.01 Å². The summed E-state index contributed by atoms with van der Waals surface area (Å²) >= 11 is 0. The molecule has 1 aromatic heterocycles. The van der Waals surface area contributed by atoms with Gasteiger partial charge in [0.05, 0.1) is 0 Å². The fraction of sp³-hybridized carbons (Fsp3) is 0.318. The monoisotopic (exact) mass is 376 g/mol. The van der Waals surface area contributed by atoms with Gasteiger partial charge in [0.2, 0.25) is 5.89 Å². The van der Waals surface area contributed by atoms with Crippen LogP contribution < -0.4 is 10.2 Å². The molecule has 1 aliphatic heterocycles. The first kappa shape index (κ1) is 18.2. The molecule has 1 aliphatic rings. The van der Waals surface area contributed by atoms with E-state index in [1.54, 1.807) is 6.07 Å². The van der Waals surface area contributed by atoms with E-state index in [2.05, 4.69) is 20.4 Å². The minimum atomic E-state index is -0.500. The third kappa shape index (κ3) is 4.06. The van der Waals surface area contributed by atoms with Crippen LogP contribution in [0.5, 0.6) is 0 Å². The first-order chi connectivity index (χ1) is 13.7. The number of amides is 1. The van der Waals surface area contributed by atoms with Gasteiger partial charge < -0.3 is 14.6 Å². The second-order valence-corrected chi connectivity index (χ2v) is 7.16. The fourth-order valence-electron chi connectivity index (χ4n) is 3.49. The third-order valence-corrected chi connectivity index (χ3v) is 4.99. The van der Waals surface area contributed by atoms with Gasteiger partial charge in [-0.15, -0.1) is 5.10 Å². The highest BCUT2D eigenvalue weighted by molar-refractivity contribution is 5.94. The minimum Gasteiger partial charge on any atom is -0.405 e. The summed E-state index contributed by atoms with van der Waals surface area (Å²) in [5.74, 6) is 0.225. The first-order valence-corrected chi connectivity index (χ1v) is 9.71. The Hall–Kier alpha value is -3.15. The zero-order valence-corrected chi connectivity index (χ0v) is 16.0. The van der Waals surface area contributed by atoms with Crippen LogP contribution in [0.1, 0.15) is 52.7 Å². The molecule has 1 fully saturated rings. The van der Waals surface area contributed by atoms with Gasteiger partial charge in [-0.1, -0.05) is 53.1 Å². The standard InChI is InChI=1S/C22H24N4O2/c1-16-9-8-12-18(15-16)20(27)23-19(17-10-4-2-5-11-17)21-24-25-22(28-21)26-13-6-3-7-14-26/h2,4-5,8-12,15,19H,3,6-7,13-14H2,1H3,(H,23,27)/t19-/m0/s1. The average molecular weight is 376 g/mol. The molecule has 1 atom stereocenters. The van der Waals surface area contributed by atoms with E-state index in [-0.39, 0.29) is 5.91 Å². The van der Waals surface area contributed by atoms with E-state index >= 15 is 0 Å². The third-order valence-electron chi connectivity index (χ3n) is 4.99. The smallest absolute Gasteiger partial charge is 0.318 e. The van der Waals surface area contributed by atoms with Crippen molar-refractivity contribution < 1.29 is 9.21 Å².